The fourth-order valence-electron chi connectivity index (χ4n) is 1.64. The first-order valence-electron chi connectivity index (χ1n) is 5.92. The Kier molecular flexibility index (Phi) is 5.19. The molecule has 1 rings (SSSR count). The summed E-state index contributed by atoms with van der Waals surface area (Å²) in [5, 5.41) is 0. The Labute approximate surface area is 107 Å². The molecular weight excluding hydrogens is 228 g/mol. The molecule has 4 radical (unpaired) electrons. The summed E-state index contributed by atoms with van der Waals surface area (Å²) in [5.74, 6) is -0.395. The lowest BCUT2D eigenvalue weighted by Crippen LogP contribution is -2.13. The van der Waals surface area contributed by atoms with Gasteiger partial charge < -0.3 is 0 Å². The Morgan fingerprint density at radius 1 is 1.00 bits per heavy atom. The standard InChI is InChI=1S/C14H16N2O2/c1-9(15)6-13(17)11-4-3-5-12(8-11)14(18)7-10(2)16/h3-5,8-10H,6-7H2,1-2H3. The minimum absolute atomic E-state index is 0.0358. The molecule has 0 saturated heterocycles. The maximum atomic E-state index is 11.7. The molecule has 0 amide bonds. The third-order valence-corrected chi connectivity index (χ3v) is 2.47. The first-order chi connectivity index (χ1) is 8.40. The molecule has 4 heteroatoms. The van der Waals surface area contributed by atoms with E-state index in [2.05, 4.69) is 0 Å². The van der Waals surface area contributed by atoms with Gasteiger partial charge in [0.25, 0.3) is 0 Å². The average Bonchev–Trinajstić information content (AvgIpc) is 2.27. The van der Waals surface area contributed by atoms with Crippen molar-refractivity contribution in [1.82, 2.24) is 11.5 Å². The van der Waals surface area contributed by atoms with Crippen LogP contribution in [0.1, 0.15) is 47.4 Å². The van der Waals surface area contributed by atoms with Crippen molar-refractivity contribution in [1.29, 1.82) is 0 Å². The average molecular weight is 244 g/mol. The molecular formula is C14H16N2O2. The van der Waals surface area contributed by atoms with Gasteiger partial charge in [-0.25, -0.2) is 0 Å². The van der Waals surface area contributed by atoms with Crippen LogP contribution in [-0.4, -0.2) is 23.7 Å². The molecule has 1 aromatic carbocycles. The lowest BCUT2D eigenvalue weighted by Gasteiger charge is -2.06. The number of benzene rings is 1. The number of hydrogen-bond donors (Lipinski definition) is 0. The summed E-state index contributed by atoms with van der Waals surface area (Å²) in [6, 6.07) is 4.97. The summed E-state index contributed by atoms with van der Waals surface area (Å²) in [4.78, 5) is 23.5. The molecule has 94 valence electrons. The first-order valence-corrected chi connectivity index (χ1v) is 5.92. The van der Waals surface area contributed by atoms with Gasteiger partial charge in [-0.2, -0.15) is 0 Å². The molecule has 0 bridgehead atoms. The van der Waals surface area contributed by atoms with Gasteiger partial charge in [-0.05, 0) is 19.9 Å². The number of carbonyl (C=O) groups is 2. The lowest BCUT2D eigenvalue weighted by molar-refractivity contribution is 0.0974. The van der Waals surface area contributed by atoms with Gasteiger partial charge >= 0.3 is 0 Å². The second-order valence-electron chi connectivity index (χ2n) is 4.53. The fourth-order valence-corrected chi connectivity index (χ4v) is 1.64. The van der Waals surface area contributed by atoms with E-state index < -0.39 is 12.1 Å². The van der Waals surface area contributed by atoms with E-state index in [1.54, 1.807) is 32.0 Å². The summed E-state index contributed by atoms with van der Waals surface area (Å²) in [6.07, 6.45) is 0.0715. The van der Waals surface area contributed by atoms with Crippen LogP contribution in [0.4, 0.5) is 0 Å². The van der Waals surface area contributed by atoms with E-state index in [9.17, 15) is 9.59 Å². The SMILES string of the molecule is CC([N])CC(=O)c1cccc(C(=O)CC(C)[N])c1. The van der Waals surface area contributed by atoms with E-state index in [0.717, 1.165) is 0 Å². The monoisotopic (exact) mass is 244 g/mol. The van der Waals surface area contributed by atoms with Crippen molar-refractivity contribution < 1.29 is 9.59 Å². The number of hydrogen-bond acceptors (Lipinski definition) is 2. The van der Waals surface area contributed by atoms with Crippen LogP contribution in [0.5, 0.6) is 0 Å². The molecule has 0 aliphatic heterocycles. The maximum absolute atomic E-state index is 11.7. The largest absolute Gasteiger partial charge is 0.294 e. The molecule has 0 spiro atoms. The minimum atomic E-state index is -0.700. The smallest absolute Gasteiger partial charge is 0.164 e. The molecule has 0 N–H and O–H groups in total. The predicted molar refractivity (Wildman–Crippen MR) is 67.5 cm³/mol. The van der Waals surface area contributed by atoms with Gasteiger partial charge in [0.2, 0.25) is 0 Å². The van der Waals surface area contributed by atoms with E-state index in [1.165, 1.54) is 6.07 Å². The number of ketones is 2. The molecule has 0 aliphatic carbocycles. The highest BCUT2D eigenvalue weighted by atomic mass is 16.1. The fraction of sp³-hybridized carbons (Fsp3) is 0.429. The zero-order chi connectivity index (χ0) is 13.7. The van der Waals surface area contributed by atoms with Crippen molar-refractivity contribution in [3.05, 3.63) is 35.4 Å². The highest BCUT2D eigenvalue weighted by molar-refractivity contribution is 6.01. The third-order valence-electron chi connectivity index (χ3n) is 2.47. The van der Waals surface area contributed by atoms with Crippen molar-refractivity contribution in [2.75, 3.05) is 0 Å². The number of carbonyl (C=O) groups excluding carboxylic acids is 2. The van der Waals surface area contributed by atoms with E-state index in [4.69, 9.17) is 11.5 Å². The minimum Gasteiger partial charge on any atom is -0.294 e. The van der Waals surface area contributed by atoms with E-state index >= 15 is 0 Å². The van der Waals surface area contributed by atoms with Crippen LogP contribution >= 0.6 is 0 Å². The van der Waals surface area contributed by atoms with Gasteiger partial charge in [-0.3, -0.25) is 9.59 Å². The number of Topliss-reactive ketones (excluding diaryl/α,β-unsaturated/α-hetero) is 2. The van der Waals surface area contributed by atoms with E-state index in [-0.39, 0.29) is 24.4 Å². The molecule has 2 unspecified atom stereocenters. The second kappa shape index (κ2) is 6.42. The Hall–Kier alpha value is -1.52. The van der Waals surface area contributed by atoms with Crippen LogP contribution < -0.4 is 11.5 Å². The number of nitrogens with zero attached hydrogens (tertiary/aromatic N) is 2. The van der Waals surface area contributed by atoms with Gasteiger partial charge in [0.05, 0.1) is 0 Å². The topological polar surface area (TPSA) is 78.7 Å². The van der Waals surface area contributed by atoms with Crippen molar-refractivity contribution in [3.63, 3.8) is 0 Å². The van der Waals surface area contributed by atoms with Gasteiger partial charge in [0, 0.05) is 36.1 Å². The number of rotatable bonds is 6. The summed E-state index contributed by atoms with van der Waals surface area (Å²) in [5.41, 5.74) is 19.1. The van der Waals surface area contributed by atoms with Crippen LogP contribution in [0.2, 0.25) is 0 Å². The van der Waals surface area contributed by atoms with Gasteiger partial charge in [-0.15, -0.1) is 11.5 Å². The molecule has 0 fully saturated rings. The molecule has 0 saturated carbocycles. The third kappa shape index (κ3) is 4.39. The Morgan fingerprint density at radius 2 is 1.39 bits per heavy atom. The lowest BCUT2D eigenvalue weighted by atomic mass is 9.99. The van der Waals surface area contributed by atoms with Gasteiger partial charge in [0.15, 0.2) is 11.6 Å². The molecule has 0 aromatic heterocycles. The molecule has 1 aromatic rings. The van der Waals surface area contributed by atoms with E-state index in [1.807, 2.05) is 0 Å². The zero-order valence-corrected chi connectivity index (χ0v) is 10.6. The Balaban J connectivity index is 2.85. The highest BCUT2D eigenvalue weighted by Gasteiger charge is 2.13. The highest BCUT2D eigenvalue weighted by Crippen LogP contribution is 2.11. The molecule has 2 atom stereocenters. The summed E-state index contributed by atoms with van der Waals surface area (Å²) < 4.78 is 0. The maximum Gasteiger partial charge on any atom is 0.164 e. The quantitative estimate of drug-likeness (QED) is 0.714. The molecule has 18 heavy (non-hydrogen) atoms. The van der Waals surface area contributed by atoms with Crippen molar-refractivity contribution >= 4 is 11.6 Å². The molecule has 4 nitrogen and oxygen atoms in total. The van der Waals surface area contributed by atoms with Crippen LogP contribution in [0.25, 0.3) is 0 Å². The van der Waals surface area contributed by atoms with Crippen LogP contribution in [0, 0.1) is 0 Å². The van der Waals surface area contributed by atoms with Crippen molar-refractivity contribution in [2.24, 2.45) is 0 Å². The Bertz CT molecular complexity index is 402. The first kappa shape index (κ1) is 14.5. The normalized spacial score (nSPS) is 14.0. The van der Waals surface area contributed by atoms with Crippen LogP contribution in [0.15, 0.2) is 24.3 Å². The van der Waals surface area contributed by atoms with Crippen LogP contribution in [-0.2, 0) is 0 Å². The second-order valence-corrected chi connectivity index (χ2v) is 4.53. The Morgan fingerprint density at radius 3 is 1.72 bits per heavy atom. The van der Waals surface area contributed by atoms with Crippen molar-refractivity contribution in [2.45, 2.75) is 38.8 Å². The van der Waals surface area contributed by atoms with Gasteiger partial charge in [0.1, 0.15) is 0 Å². The molecule has 0 aliphatic rings. The van der Waals surface area contributed by atoms with Crippen molar-refractivity contribution in [3.8, 4) is 0 Å². The molecule has 0 heterocycles. The summed E-state index contributed by atoms with van der Waals surface area (Å²) in [6.45, 7) is 3.08. The van der Waals surface area contributed by atoms with E-state index in [0.29, 0.717) is 11.1 Å². The summed E-state index contributed by atoms with van der Waals surface area (Å²) >= 11 is 0. The zero-order valence-electron chi connectivity index (χ0n) is 10.6. The predicted octanol–water partition coefficient (Wildman–Crippen LogP) is 1.75. The summed E-state index contributed by atoms with van der Waals surface area (Å²) in [7, 11) is 0. The van der Waals surface area contributed by atoms with Crippen LogP contribution in [0.3, 0.4) is 0 Å². The van der Waals surface area contributed by atoms with Gasteiger partial charge in [-0.1, -0.05) is 18.2 Å².